The summed E-state index contributed by atoms with van der Waals surface area (Å²) < 4.78 is 106. The van der Waals surface area contributed by atoms with Gasteiger partial charge in [0.05, 0.1) is 0 Å². The number of alkyl halides is 6. The third-order valence-corrected chi connectivity index (χ3v) is 9.02. The Morgan fingerprint density at radius 2 is 1.28 bits per heavy atom. The number of rotatable bonds is 4. The first-order valence-corrected chi connectivity index (χ1v) is 12.2. The Bertz CT molecular complexity index is 865. The van der Waals surface area contributed by atoms with E-state index in [1.807, 2.05) is 6.92 Å². The molecule has 1 spiro atoms. The van der Waals surface area contributed by atoms with Crippen LogP contribution in [-0.2, 0) is 13.6 Å². The van der Waals surface area contributed by atoms with E-state index in [2.05, 4.69) is 4.52 Å². The third-order valence-electron chi connectivity index (χ3n) is 4.64. The Balaban J connectivity index is 2.15. The fourth-order valence-corrected chi connectivity index (χ4v) is 7.21. The normalized spacial score (nSPS) is 25.7. The number of hydrogen-bond acceptors (Lipinski definition) is 5. The summed E-state index contributed by atoms with van der Waals surface area (Å²) in [6.45, 7) is 2.66. The minimum absolute atomic E-state index is 0.379. The molecule has 2 heterocycles. The summed E-state index contributed by atoms with van der Waals surface area (Å²) in [4.78, 5) is 0. The van der Waals surface area contributed by atoms with Gasteiger partial charge in [-0.25, -0.2) is 0 Å². The number of fused-ring (bicyclic) bond motifs is 1. The van der Waals surface area contributed by atoms with Gasteiger partial charge in [0.15, 0.2) is 0 Å². The van der Waals surface area contributed by atoms with Crippen molar-refractivity contribution in [3.05, 3.63) is 20.1 Å². The molecule has 0 atom stereocenters. The van der Waals surface area contributed by atoms with Crippen LogP contribution >= 0.6 is 54.1 Å². The quantitative estimate of drug-likeness (QED) is 0.156. The van der Waals surface area contributed by atoms with Crippen molar-refractivity contribution in [2.24, 2.45) is 5.41 Å². The molecule has 16 heteroatoms. The SMILES string of the molecule is CCCC1(C)COP2(OC(C(F)(F)F)C(F)(F)F)(OC1)Oc1c(Cl)c(Cl)c(Cl)c(Cl)c1O2. The van der Waals surface area contributed by atoms with Crippen molar-refractivity contribution in [1.82, 2.24) is 0 Å². The van der Waals surface area contributed by atoms with E-state index in [4.69, 9.17) is 64.5 Å². The fraction of sp³-hybridized carbons (Fsp3) is 0.625. The molecule has 184 valence electrons. The van der Waals surface area contributed by atoms with Crippen molar-refractivity contribution in [3.63, 3.8) is 0 Å². The first-order chi connectivity index (χ1) is 14.5. The second-order valence-electron chi connectivity index (χ2n) is 7.52. The predicted octanol–water partition coefficient (Wildman–Crippen LogP) is 8.56. The van der Waals surface area contributed by atoms with Crippen LogP contribution in [0.1, 0.15) is 26.7 Å². The van der Waals surface area contributed by atoms with Crippen molar-refractivity contribution in [2.75, 3.05) is 13.2 Å². The van der Waals surface area contributed by atoms with Crippen LogP contribution in [0.25, 0.3) is 0 Å². The van der Waals surface area contributed by atoms with Gasteiger partial charge in [-0.05, 0) is 0 Å². The molecule has 2 aliphatic rings. The summed E-state index contributed by atoms with van der Waals surface area (Å²) in [6, 6.07) is 0. The minimum atomic E-state index is -6.12. The van der Waals surface area contributed by atoms with Crippen molar-refractivity contribution < 1.29 is 49.0 Å². The second kappa shape index (κ2) is 8.22. The zero-order chi connectivity index (χ0) is 24.4. The van der Waals surface area contributed by atoms with Crippen LogP contribution < -0.4 is 9.05 Å². The molecule has 0 aliphatic carbocycles. The Morgan fingerprint density at radius 3 is 1.62 bits per heavy atom. The van der Waals surface area contributed by atoms with Crippen molar-refractivity contribution >= 4 is 54.1 Å². The molecule has 1 aromatic rings. The molecular formula is C16H15Cl4F6O5P. The standard InChI is InChI=1S/C16H15Cl4F6O5P/c1-3-4-14(2)5-27-32(28-6-14,31-13(15(21,22)23)16(24,25)26)29-11-9(19)7(17)8(18)10(20)12(11)30-32/h13H,3-6H2,1-2H3. The third kappa shape index (κ3) is 4.56. The average molecular weight is 574 g/mol. The number of benzene rings is 1. The zero-order valence-electron chi connectivity index (χ0n) is 16.2. The summed E-state index contributed by atoms with van der Waals surface area (Å²) in [5.41, 5.74) is -0.780. The first-order valence-electron chi connectivity index (χ1n) is 8.87. The van der Waals surface area contributed by atoms with Gasteiger partial charge >= 0.3 is 198 Å². The Morgan fingerprint density at radius 1 is 0.875 bits per heavy atom. The molecule has 5 nitrogen and oxygen atoms in total. The summed E-state index contributed by atoms with van der Waals surface area (Å²) >= 11 is 23.9. The van der Waals surface area contributed by atoms with Gasteiger partial charge in [-0.3, -0.25) is 0 Å². The van der Waals surface area contributed by atoms with Crippen LogP contribution in [0.2, 0.25) is 20.1 Å². The van der Waals surface area contributed by atoms with E-state index in [-0.39, 0.29) is 10.0 Å². The molecular weight excluding hydrogens is 559 g/mol. The Hall–Kier alpha value is -0.130. The topological polar surface area (TPSA) is 46.2 Å². The van der Waals surface area contributed by atoms with Gasteiger partial charge in [0.25, 0.3) is 0 Å². The van der Waals surface area contributed by atoms with Crippen LogP contribution in [-0.4, -0.2) is 31.7 Å². The van der Waals surface area contributed by atoms with Crippen LogP contribution in [0.3, 0.4) is 0 Å². The monoisotopic (exact) mass is 572 g/mol. The van der Waals surface area contributed by atoms with Crippen molar-refractivity contribution in [1.29, 1.82) is 0 Å². The fourth-order valence-electron chi connectivity index (χ4n) is 3.11. The van der Waals surface area contributed by atoms with E-state index in [1.165, 1.54) is 0 Å². The molecule has 0 unspecified atom stereocenters. The van der Waals surface area contributed by atoms with E-state index >= 15 is 0 Å². The number of halogens is 10. The van der Waals surface area contributed by atoms with E-state index in [0.717, 1.165) is 0 Å². The molecule has 0 N–H and O–H groups in total. The Kier molecular flexibility index (Phi) is 6.80. The maximum atomic E-state index is 13.4. The van der Waals surface area contributed by atoms with Crippen LogP contribution in [0.5, 0.6) is 11.5 Å². The van der Waals surface area contributed by atoms with Crippen LogP contribution in [0, 0.1) is 5.41 Å². The van der Waals surface area contributed by atoms with Gasteiger partial charge in [-0.1, -0.05) is 0 Å². The average Bonchev–Trinajstić information content (AvgIpc) is 3.02. The van der Waals surface area contributed by atoms with E-state index in [9.17, 15) is 26.3 Å². The predicted molar refractivity (Wildman–Crippen MR) is 107 cm³/mol. The molecule has 1 aromatic carbocycles. The molecule has 3 rings (SSSR count). The summed E-state index contributed by atoms with van der Waals surface area (Å²) in [7, 11) is -6.12. The molecule has 0 amide bonds. The molecule has 2 aliphatic heterocycles. The van der Waals surface area contributed by atoms with Gasteiger partial charge in [0.1, 0.15) is 0 Å². The van der Waals surface area contributed by atoms with E-state index < -0.39 is 66.4 Å². The molecule has 0 bridgehead atoms. The summed E-state index contributed by atoms with van der Waals surface area (Å²) in [6.07, 6.45) is -15.1. The maximum absolute atomic E-state index is 13.4. The van der Waals surface area contributed by atoms with Crippen molar-refractivity contribution in [2.45, 2.75) is 45.1 Å². The summed E-state index contributed by atoms with van der Waals surface area (Å²) in [5, 5.41) is -1.75. The first kappa shape index (κ1) is 26.5. The van der Waals surface area contributed by atoms with Crippen molar-refractivity contribution in [3.8, 4) is 11.5 Å². The second-order valence-corrected chi connectivity index (χ2v) is 11.6. The summed E-state index contributed by atoms with van der Waals surface area (Å²) in [5.74, 6) is -1.24. The Labute approximate surface area is 198 Å². The zero-order valence-corrected chi connectivity index (χ0v) is 20.1. The van der Waals surface area contributed by atoms with E-state index in [0.29, 0.717) is 12.8 Å². The molecule has 0 radical (unpaired) electrons. The van der Waals surface area contributed by atoms with Gasteiger partial charge in [-0.2, -0.15) is 0 Å². The van der Waals surface area contributed by atoms with E-state index in [1.54, 1.807) is 6.92 Å². The van der Waals surface area contributed by atoms with Gasteiger partial charge in [0, 0.05) is 0 Å². The number of hydrogen-bond donors (Lipinski definition) is 0. The molecule has 1 saturated heterocycles. The molecule has 1 fully saturated rings. The molecule has 32 heavy (non-hydrogen) atoms. The van der Waals surface area contributed by atoms with Gasteiger partial charge in [-0.15, -0.1) is 0 Å². The van der Waals surface area contributed by atoms with Gasteiger partial charge in [0.2, 0.25) is 0 Å². The van der Waals surface area contributed by atoms with Crippen LogP contribution in [0.15, 0.2) is 0 Å². The van der Waals surface area contributed by atoms with Gasteiger partial charge < -0.3 is 0 Å². The van der Waals surface area contributed by atoms with Crippen LogP contribution in [0.4, 0.5) is 26.3 Å². The molecule has 0 saturated carbocycles. The molecule has 0 aromatic heterocycles.